The summed E-state index contributed by atoms with van der Waals surface area (Å²) >= 11 is 4.42. The monoisotopic (exact) mass is 449 g/mol. The van der Waals surface area contributed by atoms with E-state index in [9.17, 15) is 17.6 Å². The molecule has 2 aliphatic rings. The van der Waals surface area contributed by atoms with Crippen molar-refractivity contribution in [3.8, 4) is 0 Å². The van der Waals surface area contributed by atoms with E-state index in [-0.39, 0.29) is 28.9 Å². The molecular formula is C15H17BrFN3O3S2. The zero-order chi connectivity index (χ0) is 18.4. The highest BCUT2D eigenvalue weighted by atomic mass is 79.9. The predicted octanol–water partition coefficient (Wildman–Crippen LogP) is 1.75. The zero-order valence-electron chi connectivity index (χ0n) is 13.6. The number of aliphatic imine (C=N–C) groups is 1. The first-order valence-electron chi connectivity index (χ1n) is 7.53. The van der Waals surface area contributed by atoms with Crippen molar-refractivity contribution in [2.45, 2.75) is 12.1 Å². The number of halogens is 2. The average molecular weight is 450 g/mol. The Morgan fingerprint density at radius 1 is 1.44 bits per heavy atom. The quantitative estimate of drug-likeness (QED) is 0.702. The van der Waals surface area contributed by atoms with Crippen LogP contribution in [0, 0.1) is 5.82 Å². The van der Waals surface area contributed by atoms with Crippen molar-refractivity contribution in [1.82, 2.24) is 4.90 Å². The van der Waals surface area contributed by atoms with Gasteiger partial charge in [0.05, 0.1) is 35.0 Å². The average Bonchev–Trinajstić information content (AvgIpc) is 2.96. The Morgan fingerprint density at radius 2 is 2.16 bits per heavy atom. The van der Waals surface area contributed by atoms with Crippen molar-refractivity contribution >= 4 is 54.3 Å². The minimum absolute atomic E-state index is 0.0437. The van der Waals surface area contributed by atoms with Crippen LogP contribution in [0.25, 0.3) is 0 Å². The van der Waals surface area contributed by atoms with Gasteiger partial charge >= 0.3 is 0 Å². The van der Waals surface area contributed by atoms with Crippen LogP contribution in [-0.4, -0.2) is 67.8 Å². The van der Waals surface area contributed by atoms with Gasteiger partial charge in [-0.2, -0.15) is 0 Å². The summed E-state index contributed by atoms with van der Waals surface area (Å²) in [5.74, 6) is -0.507. The summed E-state index contributed by atoms with van der Waals surface area (Å²) in [5, 5.41) is 0.487. The van der Waals surface area contributed by atoms with Crippen LogP contribution in [0.5, 0.6) is 0 Å². The van der Waals surface area contributed by atoms with Gasteiger partial charge in [-0.15, -0.1) is 0 Å². The van der Waals surface area contributed by atoms with E-state index >= 15 is 0 Å². The molecule has 25 heavy (non-hydrogen) atoms. The minimum Gasteiger partial charge on any atom is -0.348 e. The number of nitrogens with zero attached hydrogens (tertiary/aromatic N) is 3. The third kappa shape index (κ3) is 3.85. The molecule has 2 heterocycles. The molecule has 0 saturated carbocycles. The molecule has 2 aliphatic heterocycles. The summed E-state index contributed by atoms with van der Waals surface area (Å²) in [4.78, 5) is 19.4. The maximum absolute atomic E-state index is 14.5. The maximum atomic E-state index is 14.5. The molecule has 1 amide bonds. The summed E-state index contributed by atoms with van der Waals surface area (Å²) in [6.07, 6.45) is 0. The molecule has 136 valence electrons. The van der Waals surface area contributed by atoms with E-state index in [4.69, 9.17) is 0 Å². The van der Waals surface area contributed by atoms with E-state index in [1.165, 1.54) is 22.7 Å². The molecule has 1 aromatic carbocycles. The van der Waals surface area contributed by atoms with Crippen molar-refractivity contribution in [2.75, 3.05) is 36.3 Å². The van der Waals surface area contributed by atoms with Crippen LogP contribution in [0.2, 0.25) is 0 Å². The third-order valence-electron chi connectivity index (χ3n) is 4.10. The zero-order valence-corrected chi connectivity index (χ0v) is 16.9. The normalized spacial score (nSPS) is 24.2. The standard InChI is InChI=1S/C15H17BrFN3O3S2/c1-19(2)14(21)6-24-15-18-11-7-25(22,23)8-13(11)20(15)12-4-3-9(16)5-10(12)17/h3-5,11,13H,6-8H2,1-2H3/t11-,13+/m0/s1. The van der Waals surface area contributed by atoms with Crippen LogP contribution in [0.15, 0.2) is 27.7 Å². The molecule has 0 bridgehead atoms. The molecule has 0 radical (unpaired) electrons. The Kier molecular flexibility index (Phi) is 5.13. The summed E-state index contributed by atoms with van der Waals surface area (Å²) in [6, 6.07) is 3.76. The Morgan fingerprint density at radius 3 is 2.80 bits per heavy atom. The van der Waals surface area contributed by atoms with Gasteiger partial charge in [0.1, 0.15) is 5.82 Å². The molecule has 1 fully saturated rings. The van der Waals surface area contributed by atoms with E-state index in [0.29, 0.717) is 9.64 Å². The number of hydrogen-bond donors (Lipinski definition) is 0. The summed E-state index contributed by atoms with van der Waals surface area (Å²) in [6.45, 7) is 0. The van der Waals surface area contributed by atoms with Crippen LogP contribution in [0.4, 0.5) is 10.1 Å². The number of amidine groups is 1. The number of carbonyl (C=O) groups is 1. The number of hydrogen-bond acceptors (Lipinski definition) is 6. The van der Waals surface area contributed by atoms with Gasteiger partial charge in [0.2, 0.25) is 5.91 Å². The second-order valence-electron chi connectivity index (χ2n) is 6.17. The number of carbonyl (C=O) groups excluding carboxylic acids is 1. The highest BCUT2D eigenvalue weighted by Gasteiger charge is 2.47. The van der Waals surface area contributed by atoms with Crippen LogP contribution >= 0.6 is 27.7 Å². The fraction of sp³-hybridized carbons (Fsp3) is 0.467. The SMILES string of the molecule is CN(C)C(=O)CSC1=N[C@H]2CS(=O)(=O)C[C@H]2N1c1ccc(Br)cc1F. The second-order valence-corrected chi connectivity index (χ2v) is 10.2. The molecule has 0 aromatic heterocycles. The molecule has 2 atom stereocenters. The fourth-order valence-electron chi connectivity index (χ4n) is 2.85. The van der Waals surface area contributed by atoms with E-state index < -0.39 is 27.7 Å². The first kappa shape index (κ1) is 18.7. The van der Waals surface area contributed by atoms with E-state index in [0.717, 1.165) is 0 Å². The Bertz CT molecular complexity index is 844. The Hall–Kier alpha value is -1.13. The van der Waals surface area contributed by atoms with E-state index in [1.54, 1.807) is 31.1 Å². The molecule has 10 heteroatoms. The number of thioether (sulfide) groups is 1. The van der Waals surface area contributed by atoms with Crippen molar-refractivity contribution in [3.63, 3.8) is 0 Å². The van der Waals surface area contributed by atoms with Crippen LogP contribution in [0.1, 0.15) is 0 Å². The topological polar surface area (TPSA) is 70.0 Å². The number of anilines is 1. The van der Waals surface area contributed by atoms with E-state index in [2.05, 4.69) is 20.9 Å². The first-order valence-corrected chi connectivity index (χ1v) is 11.1. The van der Waals surface area contributed by atoms with Gasteiger partial charge in [-0.3, -0.25) is 9.79 Å². The molecule has 0 aliphatic carbocycles. The summed E-state index contributed by atoms with van der Waals surface area (Å²) in [5.41, 5.74) is 0.274. The lowest BCUT2D eigenvalue weighted by atomic mass is 10.1. The highest BCUT2D eigenvalue weighted by molar-refractivity contribution is 9.10. The second kappa shape index (κ2) is 6.88. The number of sulfone groups is 1. The number of fused-ring (bicyclic) bond motifs is 1. The third-order valence-corrected chi connectivity index (χ3v) is 7.24. The first-order chi connectivity index (χ1) is 11.7. The highest BCUT2D eigenvalue weighted by Crippen LogP contribution is 2.36. The molecule has 0 unspecified atom stereocenters. The lowest BCUT2D eigenvalue weighted by molar-refractivity contribution is -0.125. The lowest BCUT2D eigenvalue weighted by Crippen LogP contribution is -2.40. The summed E-state index contributed by atoms with van der Waals surface area (Å²) in [7, 11) is 0.119. The Labute approximate surface area is 158 Å². The molecule has 1 saturated heterocycles. The van der Waals surface area contributed by atoms with Crippen LogP contribution in [-0.2, 0) is 14.6 Å². The van der Waals surface area contributed by atoms with Crippen molar-refractivity contribution < 1.29 is 17.6 Å². The van der Waals surface area contributed by atoms with Crippen LogP contribution < -0.4 is 4.90 Å². The van der Waals surface area contributed by atoms with Crippen molar-refractivity contribution in [3.05, 3.63) is 28.5 Å². The fourth-order valence-corrected chi connectivity index (χ4v) is 6.12. The number of amides is 1. The van der Waals surface area contributed by atoms with Gasteiger partial charge in [0.15, 0.2) is 15.0 Å². The van der Waals surface area contributed by atoms with Crippen LogP contribution in [0.3, 0.4) is 0 Å². The maximum Gasteiger partial charge on any atom is 0.232 e. The van der Waals surface area contributed by atoms with Gasteiger partial charge in [-0.1, -0.05) is 27.7 Å². The minimum atomic E-state index is -3.20. The van der Waals surface area contributed by atoms with E-state index in [1.807, 2.05) is 0 Å². The molecule has 1 aromatic rings. The van der Waals surface area contributed by atoms with Crippen molar-refractivity contribution in [2.24, 2.45) is 4.99 Å². The Balaban J connectivity index is 1.93. The molecule has 0 N–H and O–H groups in total. The van der Waals surface area contributed by atoms with Gasteiger partial charge in [-0.25, -0.2) is 12.8 Å². The van der Waals surface area contributed by atoms with Gasteiger partial charge < -0.3 is 9.80 Å². The van der Waals surface area contributed by atoms with Crippen molar-refractivity contribution in [1.29, 1.82) is 0 Å². The van der Waals surface area contributed by atoms with Gasteiger partial charge in [0.25, 0.3) is 0 Å². The lowest BCUT2D eigenvalue weighted by Gasteiger charge is -2.27. The summed E-state index contributed by atoms with van der Waals surface area (Å²) < 4.78 is 39.0. The van der Waals surface area contributed by atoms with Gasteiger partial charge in [0, 0.05) is 18.6 Å². The molecular weight excluding hydrogens is 433 g/mol. The molecule has 6 nitrogen and oxygen atoms in total. The molecule has 0 spiro atoms. The largest absolute Gasteiger partial charge is 0.348 e. The molecule has 3 rings (SSSR count). The predicted molar refractivity (Wildman–Crippen MR) is 101 cm³/mol. The number of benzene rings is 1. The smallest absolute Gasteiger partial charge is 0.232 e. The number of rotatable bonds is 3. The van der Waals surface area contributed by atoms with Gasteiger partial charge in [-0.05, 0) is 18.2 Å².